The molecule has 0 amide bonds. The Bertz CT molecular complexity index is 441. The molecule has 2 nitrogen and oxygen atoms in total. The van der Waals surface area contributed by atoms with E-state index < -0.39 is 0 Å². The Morgan fingerprint density at radius 3 is 2.67 bits per heavy atom. The Labute approximate surface area is 100 Å². The van der Waals surface area contributed by atoms with Crippen LogP contribution < -0.4 is 0 Å². The van der Waals surface area contributed by atoms with Crippen LogP contribution in [0.4, 0.5) is 0 Å². The number of pyridine rings is 1. The number of carbonyl (C=O) groups excluding carboxylic acids is 1. The maximum atomic E-state index is 11.9. The van der Waals surface area contributed by atoms with Gasteiger partial charge in [-0.2, -0.15) is 0 Å². The van der Waals surface area contributed by atoms with Crippen molar-refractivity contribution in [2.45, 2.75) is 4.83 Å². The normalized spacial score (nSPS) is 12.3. The van der Waals surface area contributed by atoms with Crippen molar-refractivity contribution < 1.29 is 4.79 Å². The quantitative estimate of drug-likeness (QED) is 0.637. The van der Waals surface area contributed by atoms with Crippen molar-refractivity contribution in [1.29, 1.82) is 0 Å². The molecule has 0 radical (unpaired) electrons. The number of hydrogen-bond donors (Lipinski definition) is 0. The first-order chi connectivity index (χ1) is 7.29. The summed E-state index contributed by atoms with van der Waals surface area (Å²) < 4.78 is 0. The highest BCUT2D eigenvalue weighted by Gasteiger charge is 2.19. The summed E-state index contributed by atoms with van der Waals surface area (Å²) in [7, 11) is 0. The van der Waals surface area contributed by atoms with Crippen LogP contribution >= 0.6 is 27.3 Å². The third-order valence-corrected chi connectivity index (χ3v) is 3.82. The number of hydrogen-bond acceptors (Lipinski definition) is 3. The minimum absolute atomic E-state index is 0.0937. The number of halogens is 1. The van der Waals surface area contributed by atoms with Gasteiger partial charge in [0.15, 0.2) is 5.78 Å². The largest absolute Gasteiger partial charge is 0.292 e. The first-order valence-corrected chi connectivity index (χ1v) is 6.20. The fourth-order valence-electron chi connectivity index (χ4n) is 1.23. The first kappa shape index (κ1) is 10.5. The van der Waals surface area contributed by atoms with E-state index in [0.29, 0.717) is 0 Å². The Kier molecular flexibility index (Phi) is 3.28. The van der Waals surface area contributed by atoms with Gasteiger partial charge in [-0.1, -0.05) is 22.0 Å². The molecule has 0 N–H and O–H groups in total. The van der Waals surface area contributed by atoms with Crippen LogP contribution in [0.1, 0.15) is 20.1 Å². The first-order valence-electron chi connectivity index (χ1n) is 4.41. The van der Waals surface area contributed by atoms with Gasteiger partial charge in [0, 0.05) is 12.4 Å². The summed E-state index contributed by atoms with van der Waals surface area (Å²) in [6.45, 7) is 0. The Hall–Kier alpha value is -1.00. The van der Waals surface area contributed by atoms with Crippen molar-refractivity contribution in [3.63, 3.8) is 0 Å². The lowest BCUT2D eigenvalue weighted by molar-refractivity contribution is 0.0995. The molecule has 2 aromatic heterocycles. The van der Waals surface area contributed by atoms with E-state index in [0.717, 1.165) is 10.4 Å². The standard InChI is InChI=1S/C11H8BrNOS/c12-10(8-3-5-13-6-4-8)11(14)9-2-1-7-15-9/h1-7,10H. The van der Waals surface area contributed by atoms with Crippen molar-refractivity contribution in [3.8, 4) is 0 Å². The summed E-state index contributed by atoms with van der Waals surface area (Å²) in [5.74, 6) is 0.0937. The third kappa shape index (κ3) is 2.33. The summed E-state index contributed by atoms with van der Waals surface area (Å²) in [6.07, 6.45) is 3.37. The molecule has 2 rings (SSSR count). The lowest BCUT2D eigenvalue weighted by Crippen LogP contribution is -2.04. The van der Waals surface area contributed by atoms with Crippen molar-refractivity contribution in [3.05, 3.63) is 52.5 Å². The van der Waals surface area contributed by atoms with E-state index in [9.17, 15) is 4.79 Å². The number of rotatable bonds is 3. The molecule has 1 atom stereocenters. The smallest absolute Gasteiger partial charge is 0.190 e. The SMILES string of the molecule is O=C(c1cccs1)C(Br)c1ccncc1. The van der Waals surface area contributed by atoms with Gasteiger partial charge in [0.05, 0.1) is 4.88 Å². The van der Waals surface area contributed by atoms with Crippen LogP contribution in [0.3, 0.4) is 0 Å². The van der Waals surface area contributed by atoms with Gasteiger partial charge in [-0.3, -0.25) is 9.78 Å². The summed E-state index contributed by atoms with van der Waals surface area (Å²) >= 11 is 4.86. The minimum atomic E-state index is -0.279. The molecule has 0 aliphatic carbocycles. The molecule has 0 spiro atoms. The third-order valence-electron chi connectivity index (χ3n) is 1.99. The van der Waals surface area contributed by atoms with Crippen LogP contribution in [0.25, 0.3) is 0 Å². The molecule has 0 fully saturated rings. The van der Waals surface area contributed by atoms with E-state index in [-0.39, 0.29) is 10.6 Å². The molecule has 15 heavy (non-hydrogen) atoms. The zero-order valence-corrected chi connectivity index (χ0v) is 10.2. The Balaban J connectivity index is 2.23. The van der Waals surface area contributed by atoms with Crippen molar-refractivity contribution >= 4 is 33.0 Å². The number of thiophene rings is 1. The maximum absolute atomic E-state index is 11.9. The highest BCUT2D eigenvalue weighted by molar-refractivity contribution is 9.09. The van der Waals surface area contributed by atoms with Gasteiger partial charge in [0.2, 0.25) is 0 Å². The lowest BCUT2D eigenvalue weighted by atomic mass is 10.1. The predicted molar refractivity (Wildman–Crippen MR) is 64.6 cm³/mol. The van der Waals surface area contributed by atoms with E-state index in [1.807, 2.05) is 29.6 Å². The molecule has 2 aromatic rings. The van der Waals surface area contributed by atoms with Crippen molar-refractivity contribution in [2.75, 3.05) is 0 Å². The van der Waals surface area contributed by atoms with E-state index in [2.05, 4.69) is 20.9 Å². The van der Waals surface area contributed by atoms with Gasteiger partial charge in [0.25, 0.3) is 0 Å². The van der Waals surface area contributed by atoms with E-state index in [1.165, 1.54) is 11.3 Å². The molecule has 1 unspecified atom stereocenters. The van der Waals surface area contributed by atoms with Crippen molar-refractivity contribution in [1.82, 2.24) is 4.98 Å². The fourth-order valence-corrected chi connectivity index (χ4v) is 2.63. The average molecular weight is 282 g/mol. The van der Waals surface area contributed by atoms with Gasteiger partial charge in [-0.15, -0.1) is 11.3 Å². The number of alkyl halides is 1. The zero-order chi connectivity index (χ0) is 10.7. The second-order valence-electron chi connectivity index (χ2n) is 2.98. The van der Waals surface area contributed by atoms with E-state index in [1.54, 1.807) is 12.4 Å². The number of carbonyl (C=O) groups is 1. The average Bonchev–Trinajstić information content (AvgIpc) is 2.82. The highest BCUT2D eigenvalue weighted by atomic mass is 79.9. The molecule has 0 saturated carbocycles. The van der Waals surface area contributed by atoms with Crippen molar-refractivity contribution in [2.24, 2.45) is 0 Å². The summed E-state index contributed by atoms with van der Waals surface area (Å²) in [6, 6.07) is 7.39. The number of aromatic nitrogens is 1. The molecule has 0 aliphatic heterocycles. The second kappa shape index (κ2) is 4.68. The number of ketones is 1. The molecule has 0 saturated heterocycles. The highest BCUT2D eigenvalue weighted by Crippen LogP contribution is 2.28. The maximum Gasteiger partial charge on any atom is 0.190 e. The van der Waals surface area contributed by atoms with Crippen LogP contribution in [0.15, 0.2) is 42.0 Å². The lowest BCUT2D eigenvalue weighted by Gasteiger charge is -2.06. The van der Waals surface area contributed by atoms with Crippen LogP contribution in [-0.2, 0) is 0 Å². The Morgan fingerprint density at radius 2 is 2.07 bits per heavy atom. The molecule has 0 aromatic carbocycles. The molecular weight excluding hydrogens is 274 g/mol. The zero-order valence-electron chi connectivity index (χ0n) is 7.76. The number of nitrogens with zero attached hydrogens (tertiary/aromatic N) is 1. The summed E-state index contributed by atoms with van der Waals surface area (Å²) in [5.41, 5.74) is 0.934. The van der Waals surface area contributed by atoms with Gasteiger partial charge in [-0.25, -0.2) is 0 Å². The Morgan fingerprint density at radius 1 is 1.33 bits per heavy atom. The topological polar surface area (TPSA) is 30.0 Å². The van der Waals surface area contributed by atoms with Crippen LogP contribution in [0.5, 0.6) is 0 Å². The van der Waals surface area contributed by atoms with E-state index in [4.69, 9.17) is 0 Å². The second-order valence-corrected chi connectivity index (χ2v) is 4.85. The van der Waals surface area contributed by atoms with Crippen LogP contribution in [0, 0.1) is 0 Å². The van der Waals surface area contributed by atoms with Gasteiger partial charge >= 0.3 is 0 Å². The molecule has 0 bridgehead atoms. The van der Waals surface area contributed by atoms with Gasteiger partial charge in [0.1, 0.15) is 4.83 Å². The molecule has 76 valence electrons. The van der Waals surface area contributed by atoms with Gasteiger partial charge in [-0.05, 0) is 29.1 Å². The number of Topliss-reactive ketones (excluding diaryl/α,β-unsaturated/α-hetero) is 1. The van der Waals surface area contributed by atoms with Crippen LogP contribution in [0.2, 0.25) is 0 Å². The predicted octanol–water partition coefficient (Wildman–Crippen LogP) is 3.46. The van der Waals surface area contributed by atoms with Gasteiger partial charge < -0.3 is 0 Å². The molecule has 2 heterocycles. The molecule has 0 aliphatic rings. The molecular formula is C11H8BrNOS. The molecule has 4 heteroatoms. The minimum Gasteiger partial charge on any atom is -0.292 e. The van der Waals surface area contributed by atoms with E-state index >= 15 is 0 Å². The van der Waals surface area contributed by atoms with Crippen LogP contribution in [-0.4, -0.2) is 10.8 Å². The monoisotopic (exact) mass is 281 g/mol. The fraction of sp³-hybridized carbons (Fsp3) is 0.0909. The summed E-state index contributed by atoms with van der Waals surface area (Å²) in [5, 5.41) is 1.90. The summed E-state index contributed by atoms with van der Waals surface area (Å²) in [4.78, 5) is 16.4.